The van der Waals surface area contributed by atoms with Gasteiger partial charge < -0.3 is 4.90 Å². The summed E-state index contributed by atoms with van der Waals surface area (Å²) in [5.74, 6) is 0.391. The molecule has 1 heterocycles. The molecular formula is C10H20N2O2S. The highest BCUT2D eigenvalue weighted by Crippen LogP contribution is 2.18. The third-order valence-corrected chi connectivity index (χ3v) is 3.76. The minimum Gasteiger partial charge on any atom is -0.303 e. The first-order valence-corrected chi connectivity index (χ1v) is 7.06. The molecule has 0 aliphatic carbocycles. The Balaban J connectivity index is 2.26. The summed E-state index contributed by atoms with van der Waals surface area (Å²) in [5.41, 5.74) is 0. The van der Waals surface area contributed by atoms with Gasteiger partial charge in [-0.1, -0.05) is 6.08 Å². The zero-order valence-corrected chi connectivity index (χ0v) is 9.88. The molecule has 1 aliphatic rings. The lowest BCUT2D eigenvalue weighted by Crippen LogP contribution is -2.37. The molecule has 0 saturated carbocycles. The Bertz CT molecular complexity index is 293. The summed E-state index contributed by atoms with van der Waals surface area (Å²) in [6, 6.07) is 0. The van der Waals surface area contributed by atoms with Crippen LogP contribution in [0.3, 0.4) is 0 Å². The third-order valence-electron chi connectivity index (χ3n) is 2.82. The van der Waals surface area contributed by atoms with Crippen molar-refractivity contribution in [3.8, 4) is 0 Å². The van der Waals surface area contributed by atoms with E-state index in [4.69, 9.17) is 5.14 Å². The van der Waals surface area contributed by atoms with Crippen molar-refractivity contribution in [3.63, 3.8) is 0 Å². The van der Waals surface area contributed by atoms with Crippen LogP contribution < -0.4 is 5.14 Å². The van der Waals surface area contributed by atoms with Crippen LogP contribution in [0, 0.1) is 5.92 Å². The van der Waals surface area contributed by atoms with Crippen molar-refractivity contribution >= 4 is 10.0 Å². The second-order valence-corrected chi connectivity index (χ2v) is 5.85. The minimum atomic E-state index is -3.29. The monoisotopic (exact) mass is 232 g/mol. The van der Waals surface area contributed by atoms with Crippen LogP contribution in [0.25, 0.3) is 0 Å². The van der Waals surface area contributed by atoms with Gasteiger partial charge in [-0.25, -0.2) is 13.6 Å². The van der Waals surface area contributed by atoms with E-state index in [0.717, 1.165) is 38.9 Å². The van der Waals surface area contributed by atoms with Gasteiger partial charge in [0, 0.05) is 6.54 Å². The first-order chi connectivity index (χ1) is 7.01. The van der Waals surface area contributed by atoms with E-state index < -0.39 is 10.0 Å². The number of primary sulfonamides is 1. The second kappa shape index (κ2) is 5.63. The Labute approximate surface area is 92.2 Å². The standard InChI is InChI=1S/C10H20N2O2S/c1-2-3-6-12-7-4-10(5-8-12)9-15(11,13)14/h2,10H,1,3-9H2,(H2,11,13,14). The summed E-state index contributed by atoms with van der Waals surface area (Å²) in [7, 11) is -3.29. The smallest absolute Gasteiger partial charge is 0.209 e. The molecule has 0 bridgehead atoms. The van der Waals surface area contributed by atoms with Gasteiger partial charge in [0.05, 0.1) is 5.75 Å². The normalized spacial score (nSPS) is 20.3. The highest BCUT2D eigenvalue weighted by molar-refractivity contribution is 7.89. The fourth-order valence-corrected chi connectivity index (χ4v) is 2.97. The summed E-state index contributed by atoms with van der Waals surface area (Å²) in [5, 5.41) is 5.03. The number of likely N-dealkylation sites (tertiary alicyclic amines) is 1. The minimum absolute atomic E-state index is 0.141. The molecule has 1 saturated heterocycles. The van der Waals surface area contributed by atoms with Crippen LogP contribution >= 0.6 is 0 Å². The largest absolute Gasteiger partial charge is 0.303 e. The fourth-order valence-electron chi connectivity index (χ4n) is 1.98. The molecule has 0 radical (unpaired) electrons. The van der Waals surface area contributed by atoms with Crippen molar-refractivity contribution in [1.82, 2.24) is 4.90 Å². The summed E-state index contributed by atoms with van der Waals surface area (Å²) >= 11 is 0. The van der Waals surface area contributed by atoms with E-state index in [1.54, 1.807) is 0 Å². The summed E-state index contributed by atoms with van der Waals surface area (Å²) in [6.45, 7) is 6.68. The van der Waals surface area contributed by atoms with Crippen LogP contribution in [0.1, 0.15) is 19.3 Å². The van der Waals surface area contributed by atoms with Crippen molar-refractivity contribution in [3.05, 3.63) is 12.7 Å². The quantitative estimate of drug-likeness (QED) is 0.705. The van der Waals surface area contributed by atoms with Crippen molar-refractivity contribution in [2.75, 3.05) is 25.4 Å². The first kappa shape index (κ1) is 12.7. The fraction of sp³-hybridized carbons (Fsp3) is 0.800. The zero-order chi connectivity index (χ0) is 11.3. The molecule has 2 N–H and O–H groups in total. The number of rotatable bonds is 5. The van der Waals surface area contributed by atoms with E-state index in [2.05, 4.69) is 11.5 Å². The maximum atomic E-state index is 10.9. The Morgan fingerprint density at radius 3 is 2.47 bits per heavy atom. The van der Waals surface area contributed by atoms with Crippen molar-refractivity contribution in [2.45, 2.75) is 19.3 Å². The van der Waals surface area contributed by atoms with E-state index in [1.807, 2.05) is 6.08 Å². The third kappa shape index (κ3) is 5.30. The van der Waals surface area contributed by atoms with Gasteiger partial charge in [-0.3, -0.25) is 0 Å². The lowest BCUT2D eigenvalue weighted by atomic mass is 9.99. The van der Waals surface area contributed by atoms with Crippen LogP contribution in [0.5, 0.6) is 0 Å². The van der Waals surface area contributed by atoms with E-state index in [-0.39, 0.29) is 11.7 Å². The molecule has 15 heavy (non-hydrogen) atoms. The number of piperidine rings is 1. The number of hydrogen-bond acceptors (Lipinski definition) is 3. The van der Waals surface area contributed by atoms with Crippen LogP contribution in [-0.4, -0.2) is 38.7 Å². The van der Waals surface area contributed by atoms with Crippen molar-refractivity contribution in [2.24, 2.45) is 11.1 Å². The lowest BCUT2D eigenvalue weighted by molar-refractivity contribution is 0.196. The molecule has 0 amide bonds. The van der Waals surface area contributed by atoms with Gasteiger partial charge in [-0.05, 0) is 38.3 Å². The topological polar surface area (TPSA) is 63.4 Å². The molecule has 1 aliphatic heterocycles. The average Bonchev–Trinajstić information content (AvgIpc) is 2.14. The van der Waals surface area contributed by atoms with Gasteiger partial charge >= 0.3 is 0 Å². The van der Waals surface area contributed by atoms with Gasteiger partial charge in [0.1, 0.15) is 0 Å². The van der Waals surface area contributed by atoms with E-state index in [0.29, 0.717) is 0 Å². The molecule has 0 aromatic carbocycles. The van der Waals surface area contributed by atoms with Gasteiger partial charge in [-0.2, -0.15) is 0 Å². The van der Waals surface area contributed by atoms with Crippen molar-refractivity contribution in [1.29, 1.82) is 0 Å². The maximum Gasteiger partial charge on any atom is 0.209 e. The number of nitrogens with two attached hydrogens (primary N) is 1. The molecule has 0 unspecified atom stereocenters. The number of hydrogen-bond donors (Lipinski definition) is 1. The zero-order valence-electron chi connectivity index (χ0n) is 9.06. The molecule has 1 fully saturated rings. The lowest BCUT2D eigenvalue weighted by Gasteiger charge is -2.31. The van der Waals surface area contributed by atoms with E-state index in [9.17, 15) is 8.42 Å². The second-order valence-electron chi connectivity index (χ2n) is 4.19. The molecule has 88 valence electrons. The number of nitrogens with zero attached hydrogens (tertiary/aromatic N) is 1. The van der Waals surface area contributed by atoms with Gasteiger partial charge in [-0.15, -0.1) is 6.58 Å². The Hall–Kier alpha value is -0.390. The predicted octanol–water partition coefficient (Wildman–Crippen LogP) is 0.563. The Kier molecular flexibility index (Phi) is 4.76. The Morgan fingerprint density at radius 1 is 1.40 bits per heavy atom. The van der Waals surface area contributed by atoms with E-state index >= 15 is 0 Å². The predicted molar refractivity (Wildman–Crippen MR) is 62.0 cm³/mol. The molecule has 4 nitrogen and oxygen atoms in total. The maximum absolute atomic E-state index is 10.9. The number of sulfonamides is 1. The van der Waals surface area contributed by atoms with Crippen molar-refractivity contribution < 1.29 is 8.42 Å². The first-order valence-electron chi connectivity index (χ1n) is 5.35. The molecule has 0 atom stereocenters. The average molecular weight is 232 g/mol. The highest BCUT2D eigenvalue weighted by atomic mass is 32.2. The van der Waals surface area contributed by atoms with Gasteiger partial charge in [0.25, 0.3) is 0 Å². The molecule has 0 aromatic heterocycles. The van der Waals surface area contributed by atoms with Crippen LogP contribution in [0.4, 0.5) is 0 Å². The molecule has 0 aromatic rings. The van der Waals surface area contributed by atoms with Crippen LogP contribution in [0.15, 0.2) is 12.7 Å². The van der Waals surface area contributed by atoms with Crippen LogP contribution in [-0.2, 0) is 10.0 Å². The molecule has 5 heteroatoms. The summed E-state index contributed by atoms with van der Waals surface area (Å²) in [4.78, 5) is 2.35. The van der Waals surface area contributed by atoms with Crippen LogP contribution in [0.2, 0.25) is 0 Å². The molecule has 0 spiro atoms. The summed E-state index contributed by atoms with van der Waals surface area (Å²) < 4.78 is 21.8. The highest BCUT2D eigenvalue weighted by Gasteiger charge is 2.21. The van der Waals surface area contributed by atoms with Gasteiger partial charge in [0.15, 0.2) is 0 Å². The molecular weight excluding hydrogens is 212 g/mol. The Morgan fingerprint density at radius 2 is 2.00 bits per heavy atom. The molecule has 1 rings (SSSR count). The van der Waals surface area contributed by atoms with Gasteiger partial charge in [0.2, 0.25) is 10.0 Å². The van der Waals surface area contributed by atoms with E-state index in [1.165, 1.54) is 0 Å². The summed E-state index contributed by atoms with van der Waals surface area (Å²) in [6.07, 6.45) is 4.79. The SMILES string of the molecule is C=CCCN1CCC(CS(N)(=O)=O)CC1.